The highest BCUT2D eigenvalue weighted by Gasteiger charge is 2.26. The summed E-state index contributed by atoms with van der Waals surface area (Å²) in [6.07, 6.45) is 2.83. The molecule has 0 radical (unpaired) electrons. The molecule has 2 aromatic heterocycles. The molecule has 162 valence electrons. The van der Waals surface area contributed by atoms with Crippen LogP contribution < -0.4 is 16.4 Å². The van der Waals surface area contributed by atoms with Crippen molar-refractivity contribution >= 4 is 45.8 Å². The number of carbonyl (C=O) groups excluding carboxylic acids is 2. The van der Waals surface area contributed by atoms with Crippen molar-refractivity contribution in [1.82, 2.24) is 15.3 Å². The zero-order valence-electron chi connectivity index (χ0n) is 16.5. The van der Waals surface area contributed by atoms with Crippen LogP contribution in [0.25, 0.3) is 22.4 Å². The van der Waals surface area contributed by atoms with E-state index < -0.39 is 11.7 Å². The van der Waals surface area contributed by atoms with Crippen molar-refractivity contribution in [1.29, 1.82) is 0 Å². The number of hydrogen-bond donors (Lipinski definition) is 3. The lowest BCUT2D eigenvalue weighted by molar-refractivity contribution is -0.122. The molecular formula is C21H16ClN5O5. The van der Waals surface area contributed by atoms with Crippen LogP contribution in [-0.2, 0) is 4.79 Å². The van der Waals surface area contributed by atoms with Gasteiger partial charge in [0.1, 0.15) is 0 Å². The molecule has 11 heteroatoms. The molecule has 0 unspecified atom stereocenters. The Kier molecular flexibility index (Phi) is 4.98. The second-order valence-electron chi connectivity index (χ2n) is 7.45. The minimum atomic E-state index is -0.740. The molecule has 32 heavy (non-hydrogen) atoms. The number of fused-ring (bicyclic) bond motifs is 1. The number of aromatic amines is 1. The lowest BCUT2D eigenvalue weighted by Crippen LogP contribution is -2.27. The van der Waals surface area contributed by atoms with E-state index in [0.717, 1.165) is 19.3 Å². The first-order valence-corrected chi connectivity index (χ1v) is 10.2. The molecular weight excluding hydrogens is 438 g/mol. The minimum absolute atomic E-state index is 0.0299. The molecule has 1 aliphatic rings. The van der Waals surface area contributed by atoms with Gasteiger partial charge in [-0.05, 0) is 49.2 Å². The Hall–Kier alpha value is -3.92. The van der Waals surface area contributed by atoms with Gasteiger partial charge in [-0.3, -0.25) is 19.1 Å². The van der Waals surface area contributed by atoms with Gasteiger partial charge in [0.15, 0.2) is 17.1 Å². The number of benzene rings is 2. The summed E-state index contributed by atoms with van der Waals surface area (Å²) in [5.41, 5.74) is 1.68. The minimum Gasteiger partial charge on any atom is -0.355 e. The topological polar surface area (TPSA) is 143 Å². The van der Waals surface area contributed by atoms with Gasteiger partial charge in [0.05, 0.1) is 11.1 Å². The van der Waals surface area contributed by atoms with Crippen LogP contribution in [0.4, 0.5) is 11.4 Å². The molecule has 2 heterocycles. The lowest BCUT2D eigenvalue weighted by atomic mass is 9.85. The summed E-state index contributed by atoms with van der Waals surface area (Å²) in [4.78, 5) is 39.0. The van der Waals surface area contributed by atoms with Crippen LogP contribution in [0.3, 0.4) is 0 Å². The number of aromatic nitrogens is 3. The highest BCUT2D eigenvalue weighted by molar-refractivity contribution is 6.31. The highest BCUT2D eigenvalue weighted by atomic mass is 35.5. The Morgan fingerprint density at radius 3 is 2.62 bits per heavy atom. The average molecular weight is 454 g/mol. The van der Waals surface area contributed by atoms with Gasteiger partial charge in [-0.1, -0.05) is 28.3 Å². The number of halogens is 1. The van der Waals surface area contributed by atoms with Gasteiger partial charge in [0.25, 0.3) is 5.91 Å². The number of nitrogens with zero attached hydrogens (tertiary/aromatic N) is 2. The maximum Gasteiger partial charge on any atom is 0.439 e. The zero-order valence-corrected chi connectivity index (χ0v) is 17.2. The molecule has 2 amide bonds. The van der Waals surface area contributed by atoms with E-state index >= 15 is 0 Å². The van der Waals surface area contributed by atoms with E-state index in [1.54, 1.807) is 30.3 Å². The van der Waals surface area contributed by atoms with Crippen molar-refractivity contribution in [2.24, 2.45) is 5.92 Å². The fraction of sp³-hybridized carbons (Fsp3) is 0.190. The zero-order chi connectivity index (χ0) is 22.2. The summed E-state index contributed by atoms with van der Waals surface area (Å²) in [7, 11) is 0. The molecule has 0 bridgehead atoms. The van der Waals surface area contributed by atoms with Gasteiger partial charge in [0.2, 0.25) is 5.91 Å². The van der Waals surface area contributed by atoms with Gasteiger partial charge in [-0.2, -0.15) is 0 Å². The second kappa shape index (κ2) is 7.97. The van der Waals surface area contributed by atoms with Gasteiger partial charge in [0, 0.05) is 22.2 Å². The van der Waals surface area contributed by atoms with E-state index in [1.807, 2.05) is 0 Å². The first kappa shape index (κ1) is 20.0. The lowest BCUT2D eigenvalue weighted by Gasteiger charge is -2.24. The number of amides is 2. The average Bonchev–Trinajstić information content (AvgIpc) is 3.34. The van der Waals surface area contributed by atoms with Crippen LogP contribution in [0.1, 0.15) is 29.8 Å². The Bertz CT molecular complexity index is 1400. The predicted octanol–water partition coefficient (Wildman–Crippen LogP) is 3.82. The van der Waals surface area contributed by atoms with E-state index in [1.165, 1.54) is 6.07 Å². The summed E-state index contributed by atoms with van der Waals surface area (Å²) < 4.78 is 9.81. The molecule has 0 aliphatic heterocycles. The normalized spacial score (nSPS) is 13.7. The molecule has 1 fully saturated rings. The third kappa shape index (κ3) is 3.76. The second-order valence-corrected chi connectivity index (χ2v) is 7.88. The molecule has 0 saturated heterocycles. The maximum atomic E-state index is 13.0. The third-order valence-corrected chi connectivity index (χ3v) is 5.59. The van der Waals surface area contributed by atoms with Crippen LogP contribution in [0, 0.1) is 5.92 Å². The number of anilines is 2. The quantitative estimate of drug-likeness (QED) is 0.416. The molecule has 2 aromatic carbocycles. The van der Waals surface area contributed by atoms with Crippen molar-refractivity contribution < 1.29 is 18.6 Å². The standard InChI is InChI=1S/C21H16ClN5O5/c22-11-4-6-15(13(8-11)18-25-21(30)32-27-18)24-20(29)17-14-9-12(5-7-16(14)31-26-17)23-19(28)10-2-1-3-10/h4-10H,1-3H2,(H,23,28)(H,24,29)(H,25,27,30). The monoisotopic (exact) mass is 453 g/mol. The van der Waals surface area contributed by atoms with Crippen LogP contribution in [0.2, 0.25) is 5.02 Å². The fourth-order valence-electron chi connectivity index (χ4n) is 3.44. The molecule has 5 rings (SSSR count). The van der Waals surface area contributed by atoms with Crippen molar-refractivity contribution in [3.8, 4) is 11.4 Å². The SMILES string of the molecule is O=C(Nc1ccc(Cl)cc1-c1noc(=O)[nH]1)c1noc2ccc(NC(=O)C3CCC3)cc12. The van der Waals surface area contributed by atoms with Crippen molar-refractivity contribution in [3.05, 3.63) is 57.7 Å². The number of H-pyrrole nitrogens is 1. The van der Waals surface area contributed by atoms with Crippen LogP contribution in [0.15, 0.2) is 50.2 Å². The summed E-state index contributed by atoms with van der Waals surface area (Å²) in [6, 6.07) is 9.66. The smallest absolute Gasteiger partial charge is 0.355 e. The molecule has 0 atom stereocenters. The first-order chi connectivity index (χ1) is 15.5. The molecule has 1 aliphatic carbocycles. The summed E-state index contributed by atoms with van der Waals surface area (Å²) >= 11 is 6.06. The number of hydrogen-bond acceptors (Lipinski definition) is 7. The van der Waals surface area contributed by atoms with E-state index in [0.29, 0.717) is 32.9 Å². The Morgan fingerprint density at radius 1 is 1.06 bits per heavy atom. The van der Waals surface area contributed by atoms with Crippen LogP contribution in [0.5, 0.6) is 0 Å². The summed E-state index contributed by atoms with van der Waals surface area (Å²) in [5.74, 6) is -1.19. The number of rotatable bonds is 5. The largest absolute Gasteiger partial charge is 0.439 e. The Morgan fingerprint density at radius 2 is 1.91 bits per heavy atom. The van der Waals surface area contributed by atoms with Gasteiger partial charge in [-0.25, -0.2) is 4.79 Å². The van der Waals surface area contributed by atoms with Gasteiger partial charge in [-0.15, -0.1) is 0 Å². The van der Waals surface area contributed by atoms with E-state index in [9.17, 15) is 14.4 Å². The van der Waals surface area contributed by atoms with E-state index in [-0.39, 0.29) is 23.3 Å². The third-order valence-electron chi connectivity index (χ3n) is 5.35. The van der Waals surface area contributed by atoms with Gasteiger partial charge < -0.3 is 15.2 Å². The fourth-order valence-corrected chi connectivity index (χ4v) is 3.62. The van der Waals surface area contributed by atoms with Crippen molar-refractivity contribution in [2.45, 2.75) is 19.3 Å². The van der Waals surface area contributed by atoms with Crippen molar-refractivity contribution in [2.75, 3.05) is 10.6 Å². The molecule has 3 N–H and O–H groups in total. The summed E-state index contributed by atoms with van der Waals surface area (Å²) in [6.45, 7) is 0. The Balaban J connectivity index is 1.43. The van der Waals surface area contributed by atoms with E-state index in [2.05, 4.69) is 30.5 Å². The molecule has 1 saturated carbocycles. The maximum absolute atomic E-state index is 13.0. The Labute approximate surface area is 184 Å². The number of nitrogens with one attached hydrogen (secondary N) is 3. The van der Waals surface area contributed by atoms with E-state index in [4.69, 9.17) is 16.1 Å². The van der Waals surface area contributed by atoms with Crippen LogP contribution in [-0.4, -0.2) is 27.1 Å². The number of carbonyl (C=O) groups is 2. The summed E-state index contributed by atoms with van der Waals surface area (Å²) in [5, 5.41) is 13.9. The molecule has 0 spiro atoms. The van der Waals surface area contributed by atoms with Crippen molar-refractivity contribution in [3.63, 3.8) is 0 Å². The molecule has 4 aromatic rings. The highest BCUT2D eigenvalue weighted by Crippen LogP contribution is 2.31. The van der Waals surface area contributed by atoms with Crippen LogP contribution >= 0.6 is 11.6 Å². The first-order valence-electron chi connectivity index (χ1n) is 9.85. The van der Waals surface area contributed by atoms with Gasteiger partial charge >= 0.3 is 5.76 Å². The molecule has 10 nitrogen and oxygen atoms in total. The predicted molar refractivity (Wildman–Crippen MR) is 116 cm³/mol.